The molecule has 1 aromatic carbocycles. The number of hydrogen-bond acceptors (Lipinski definition) is 7. The first-order valence-electron chi connectivity index (χ1n) is 8.02. The van der Waals surface area contributed by atoms with Crippen molar-refractivity contribution < 1.29 is 9.47 Å². The van der Waals surface area contributed by atoms with E-state index in [1.807, 2.05) is 37.3 Å². The van der Waals surface area contributed by atoms with Gasteiger partial charge in [-0.3, -0.25) is 0 Å². The standard InChI is InChI=1S/C18H17N5O2/c1-12-9-16(10-19)17(11-20,14(22-12)13-5-3-2-4-6-13)15(21)23-18(16)24-7-8-25-18/h2-6,9,14,22H,7-8H2,1H3,(H2,21,23)/t14-,16-,17-/m0/s1. The maximum absolute atomic E-state index is 10.2. The number of ether oxygens (including phenoxy) is 2. The van der Waals surface area contributed by atoms with Crippen LogP contribution in [-0.4, -0.2) is 25.0 Å². The van der Waals surface area contributed by atoms with Gasteiger partial charge < -0.3 is 20.5 Å². The Morgan fingerprint density at radius 1 is 1.20 bits per heavy atom. The van der Waals surface area contributed by atoms with Crippen LogP contribution in [0.25, 0.3) is 0 Å². The minimum atomic E-state index is -1.59. The van der Waals surface area contributed by atoms with E-state index in [4.69, 9.17) is 15.2 Å². The highest BCUT2D eigenvalue weighted by Crippen LogP contribution is 2.63. The summed E-state index contributed by atoms with van der Waals surface area (Å²) in [6.07, 6.45) is 1.67. The van der Waals surface area contributed by atoms with E-state index in [9.17, 15) is 10.5 Å². The van der Waals surface area contributed by atoms with Gasteiger partial charge in [0.2, 0.25) is 0 Å². The zero-order valence-corrected chi connectivity index (χ0v) is 13.7. The third-order valence-corrected chi connectivity index (χ3v) is 5.19. The number of allylic oxidation sites excluding steroid dienone is 1. The number of nitrogens with zero attached hydrogens (tertiary/aromatic N) is 3. The van der Waals surface area contributed by atoms with E-state index in [2.05, 4.69) is 22.4 Å². The third kappa shape index (κ3) is 1.67. The van der Waals surface area contributed by atoms with Crippen molar-refractivity contribution in [3.8, 4) is 12.1 Å². The summed E-state index contributed by atoms with van der Waals surface area (Å²) in [5, 5.41) is 23.8. The molecule has 25 heavy (non-hydrogen) atoms. The summed E-state index contributed by atoms with van der Waals surface area (Å²) in [4.78, 5) is 4.38. The highest BCUT2D eigenvalue weighted by molar-refractivity contribution is 5.95. The minimum Gasteiger partial charge on any atom is -0.386 e. The number of benzene rings is 1. The minimum absolute atomic E-state index is 0.0450. The van der Waals surface area contributed by atoms with Crippen LogP contribution < -0.4 is 11.1 Å². The molecule has 0 radical (unpaired) electrons. The summed E-state index contributed by atoms with van der Waals surface area (Å²) in [5.74, 6) is -1.54. The molecule has 3 aliphatic heterocycles. The fourth-order valence-corrected chi connectivity index (χ4v) is 4.14. The molecule has 0 aromatic heterocycles. The lowest BCUT2D eigenvalue weighted by atomic mass is 9.57. The zero-order valence-electron chi connectivity index (χ0n) is 13.7. The Morgan fingerprint density at radius 2 is 1.88 bits per heavy atom. The van der Waals surface area contributed by atoms with E-state index < -0.39 is 22.8 Å². The molecule has 0 unspecified atom stereocenters. The second kappa shape index (κ2) is 5.06. The third-order valence-electron chi connectivity index (χ3n) is 5.19. The summed E-state index contributed by atoms with van der Waals surface area (Å²) in [6, 6.07) is 13.5. The van der Waals surface area contributed by atoms with Gasteiger partial charge in [-0.15, -0.1) is 0 Å². The highest BCUT2D eigenvalue weighted by atomic mass is 16.8. The maximum atomic E-state index is 10.2. The first-order valence-corrected chi connectivity index (χ1v) is 8.02. The molecular formula is C18H17N5O2. The molecule has 7 nitrogen and oxygen atoms in total. The Morgan fingerprint density at radius 3 is 2.48 bits per heavy atom. The molecule has 0 bridgehead atoms. The van der Waals surface area contributed by atoms with Crippen molar-refractivity contribution in [3.05, 3.63) is 47.7 Å². The Balaban J connectivity index is 2.03. The number of aliphatic imine (C=N–C) groups is 1. The maximum Gasteiger partial charge on any atom is 0.296 e. The topological polar surface area (TPSA) is 116 Å². The predicted octanol–water partition coefficient (Wildman–Crippen LogP) is 1.33. The van der Waals surface area contributed by atoms with Gasteiger partial charge in [0.25, 0.3) is 5.91 Å². The van der Waals surface area contributed by atoms with Gasteiger partial charge in [-0.2, -0.15) is 10.5 Å². The molecule has 1 spiro atoms. The lowest BCUT2D eigenvalue weighted by Gasteiger charge is -2.47. The quantitative estimate of drug-likeness (QED) is 0.799. The summed E-state index contributed by atoms with van der Waals surface area (Å²) >= 11 is 0. The SMILES string of the molecule is CC1=C[C@@]2(C#N)C3(N=C(N)[C@]2(C#N)[C@H](c2ccccc2)N1)OCCO3. The van der Waals surface area contributed by atoms with Crippen molar-refractivity contribution in [2.24, 2.45) is 21.6 Å². The molecule has 3 aliphatic rings. The summed E-state index contributed by atoms with van der Waals surface area (Å²) in [6.45, 7) is 2.42. The number of nitriles is 2. The Labute approximate surface area is 145 Å². The second-order valence-corrected chi connectivity index (χ2v) is 6.43. The fraction of sp³-hybridized carbons (Fsp3) is 0.389. The lowest BCUT2D eigenvalue weighted by Crippen LogP contribution is -2.61. The Bertz CT molecular complexity index is 860. The van der Waals surface area contributed by atoms with Crippen LogP contribution in [0.2, 0.25) is 0 Å². The summed E-state index contributed by atoms with van der Waals surface area (Å²) in [7, 11) is 0. The number of fused-ring (bicyclic) bond motifs is 2. The van der Waals surface area contributed by atoms with Crippen LogP contribution in [0.5, 0.6) is 0 Å². The second-order valence-electron chi connectivity index (χ2n) is 6.43. The average molecular weight is 335 g/mol. The Hall–Kier alpha value is -2.87. The number of amidine groups is 1. The van der Waals surface area contributed by atoms with Gasteiger partial charge in [0.05, 0.1) is 31.4 Å². The lowest BCUT2D eigenvalue weighted by molar-refractivity contribution is -0.208. The monoisotopic (exact) mass is 335 g/mol. The van der Waals surface area contributed by atoms with Crippen LogP contribution in [0.1, 0.15) is 18.5 Å². The number of nitrogens with two attached hydrogens (primary N) is 1. The van der Waals surface area contributed by atoms with Crippen molar-refractivity contribution in [1.82, 2.24) is 5.32 Å². The van der Waals surface area contributed by atoms with E-state index in [0.717, 1.165) is 11.3 Å². The van der Waals surface area contributed by atoms with Gasteiger partial charge >= 0.3 is 0 Å². The van der Waals surface area contributed by atoms with Gasteiger partial charge in [0.1, 0.15) is 5.84 Å². The van der Waals surface area contributed by atoms with Gasteiger partial charge in [0, 0.05) is 5.70 Å². The largest absolute Gasteiger partial charge is 0.386 e. The zero-order chi connectivity index (χ0) is 17.7. The van der Waals surface area contributed by atoms with E-state index in [1.165, 1.54) is 0 Å². The molecule has 1 aromatic rings. The molecule has 1 saturated heterocycles. The molecule has 1 fully saturated rings. The van der Waals surface area contributed by atoms with Gasteiger partial charge in [-0.1, -0.05) is 30.3 Å². The van der Waals surface area contributed by atoms with Gasteiger partial charge in [0.15, 0.2) is 10.8 Å². The summed E-state index contributed by atoms with van der Waals surface area (Å²) in [5.41, 5.74) is 4.92. The number of nitrogens with one attached hydrogen (secondary N) is 1. The van der Waals surface area contributed by atoms with E-state index >= 15 is 0 Å². The molecule has 0 saturated carbocycles. The number of hydrogen-bond donors (Lipinski definition) is 2. The van der Waals surface area contributed by atoms with Crippen molar-refractivity contribution in [2.45, 2.75) is 18.9 Å². The molecule has 3 N–H and O–H groups in total. The molecule has 3 heterocycles. The van der Waals surface area contributed by atoms with Crippen molar-refractivity contribution in [1.29, 1.82) is 10.5 Å². The average Bonchev–Trinajstić information content (AvgIpc) is 3.18. The van der Waals surface area contributed by atoms with Crippen molar-refractivity contribution >= 4 is 5.84 Å². The smallest absolute Gasteiger partial charge is 0.296 e. The molecule has 0 amide bonds. The first-order chi connectivity index (χ1) is 12.1. The van der Waals surface area contributed by atoms with E-state index in [1.54, 1.807) is 6.08 Å². The van der Waals surface area contributed by atoms with Crippen molar-refractivity contribution in [3.63, 3.8) is 0 Å². The van der Waals surface area contributed by atoms with Crippen LogP contribution in [0.3, 0.4) is 0 Å². The predicted molar refractivity (Wildman–Crippen MR) is 88.4 cm³/mol. The summed E-state index contributed by atoms with van der Waals surface area (Å²) < 4.78 is 11.5. The van der Waals surface area contributed by atoms with Crippen LogP contribution >= 0.6 is 0 Å². The molecule has 3 atom stereocenters. The van der Waals surface area contributed by atoms with E-state index in [-0.39, 0.29) is 19.0 Å². The molecule has 0 aliphatic carbocycles. The van der Waals surface area contributed by atoms with Crippen LogP contribution in [-0.2, 0) is 9.47 Å². The molecule has 126 valence electrons. The molecule has 7 heteroatoms. The number of rotatable bonds is 1. The van der Waals surface area contributed by atoms with Crippen LogP contribution in [0, 0.1) is 33.5 Å². The van der Waals surface area contributed by atoms with Gasteiger partial charge in [-0.05, 0) is 18.6 Å². The highest BCUT2D eigenvalue weighted by Gasteiger charge is 2.77. The van der Waals surface area contributed by atoms with Crippen molar-refractivity contribution in [2.75, 3.05) is 13.2 Å². The molecule has 4 rings (SSSR count). The van der Waals surface area contributed by atoms with Crippen LogP contribution in [0.4, 0.5) is 0 Å². The normalized spacial score (nSPS) is 35.1. The van der Waals surface area contributed by atoms with Crippen LogP contribution in [0.15, 0.2) is 47.1 Å². The van der Waals surface area contributed by atoms with Gasteiger partial charge in [-0.25, -0.2) is 4.99 Å². The van der Waals surface area contributed by atoms with E-state index in [0.29, 0.717) is 0 Å². The fourth-order valence-electron chi connectivity index (χ4n) is 4.14. The Kier molecular flexibility index (Phi) is 3.17. The molecular weight excluding hydrogens is 318 g/mol. The first kappa shape index (κ1) is 15.6.